The number of nitriles is 1. The number of nitrogens with one attached hydrogen (secondary N) is 1. The number of rotatable bonds is 8. The van der Waals surface area contributed by atoms with Gasteiger partial charge in [-0.25, -0.2) is 14.8 Å². The third kappa shape index (κ3) is 6.70. The lowest BCUT2D eigenvalue weighted by molar-refractivity contribution is -0.136. The Bertz CT molecular complexity index is 1220. The van der Waals surface area contributed by atoms with E-state index in [1.807, 2.05) is 11.9 Å². The number of ether oxygens (including phenoxy) is 1. The van der Waals surface area contributed by atoms with Crippen LogP contribution < -0.4 is 10.2 Å². The number of aldehydes is 1. The van der Waals surface area contributed by atoms with Crippen LogP contribution in [0.3, 0.4) is 0 Å². The maximum absolute atomic E-state index is 13.0. The first kappa shape index (κ1) is 27.2. The van der Waals surface area contributed by atoms with Crippen LogP contribution in [0.5, 0.6) is 0 Å². The third-order valence-corrected chi connectivity index (χ3v) is 7.14. The minimum Gasteiger partial charge on any atom is -0.381 e. The number of nitrogens with zero attached hydrogens (tertiary/aromatic N) is 6. The number of likely N-dealkylation sites (N-methyl/N-ethyl adjacent to an activating group) is 1. The van der Waals surface area contributed by atoms with Gasteiger partial charge in [-0.05, 0) is 56.3 Å². The van der Waals surface area contributed by atoms with Crippen molar-refractivity contribution in [3.05, 3.63) is 46.8 Å². The highest BCUT2D eigenvalue weighted by Gasteiger charge is 2.23. The van der Waals surface area contributed by atoms with Gasteiger partial charge in [0.05, 0.1) is 12.1 Å². The Balaban J connectivity index is 1.41. The molecule has 0 bridgehead atoms. The Kier molecular flexibility index (Phi) is 8.99. The molecule has 1 N–H and O–H groups in total. The summed E-state index contributed by atoms with van der Waals surface area (Å²) in [5.74, 6) is 1.18. The van der Waals surface area contributed by atoms with Crippen molar-refractivity contribution in [2.75, 3.05) is 57.2 Å². The zero-order chi connectivity index (χ0) is 27.1. The van der Waals surface area contributed by atoms with E-state index >= 15 is 0 Å². The fraction of sp³-hybridized carbons (Fsp3) is 0.481. The Morgan fingerprint density at radius 1 is 1.29 bits per heavy atom. The van der Waals surface area contributed by atoms with Crippen molar-refractivity contribution in [3.8, 4) is 6.07 Å². The molecule has 38 heavy (non-hydrogen) atoms. The van der Waals surface area contributed by atoms with Crippen molar-refractivity contribution in [1.82, 2.24) is 19.8 Å². The van der Waals surface area contributed by atoms with E-state index in [-0.39, 0.29) is 24.0 Å². The minimum absolute atomic E-state index is 0.00165. The number of aryl methyl sites for hydroxylation is 1. The van der Waals surface area contributed by atoms with Crippen LogP contribution in [0, 0.1) is 17.2 Å². The molecule has 2 aromatic rings. The molecule has 11 nitrogen and oxygen atoms in total. The molecule has 2 saturated heterocycles. The summed E-state index contributed by atoms with van der Waals surface area (Å²) in [4.78, 5) is 50.6. The number of pyridine rings is 2. The first-order chi connectivity index (χ1) is 18.4. The van der Waals surface area contributed by atoms with Crippen LogP contribution in [0.15, 0.2) is 24.4 Å². The minimum atomic E-state index is -0.482. The average Bonchev–Trinajstić information content (AvgIpc) is 2.93. The highest BCUT2D eigenvalue weighted by atomic mass is 16.5. The topological polar surface area (TPSA) is 132 Å². The van der Waals surface area contributed by atoms with E-state index in [1.54, 1.807) is 30.1 Å². The molecule has 0 aliphatic carbocycles. The lowest BCUT2D eigenvalue weighted by Gasteiger charge is -2.32. The van der Waals surface area contributed by atoms with Gasteiger partial charge in [0.2, 0.25) is 5.91 Å². The van der Waals surface area contributed by atoms with Crippen molar-refractivity contribution in [2.24, 2.45) is 5.92 Å². The Hall–Kier alpha value is -3.88. The lowest BCUT2D eigenvalue weighted by atomic mass is 9.92. The molecule has 11 heteroatoms. The summed E-state index contributed by atoms with van der Waals surface area (Å²) in [6.07, 6.45) is 5.81. The lowest BCUT2D eigenvalue weighted by Crippen LogP contribution is -2.48. The van der Waals surface area contributed by atoms with Gasteiger partial charge in [0.25, 0.3) is 0 Å². The van der Waals surface area contributed by atoms with Crippen LogP contribution in [0.25, 0.3) is 0 Å². The van der Waals surface area contributed by atoms with Crippen molar-refractivity contribution in [3.63, 3.8) is 0 Å². The maximum Gasteiger partial charge on any atom is 0.328 e. The number of piperazine rings is 1. The predicted molar refractivity (Wildman–Crippen MR) is 141 cm³/mol. The number of carbonyl (C=O) groups excluding carboxylic acids is 3. The fourth-order valence-corrected chi connectivity index (χ4v) is 4.68. The highest BCUT2D eigenvalue weighted by molar-refractivity contribution is 6.00. The van der Waals surface area contributed by atoms with Gasteiger partial charge in [0, 0.05) is 51.7 Å². The molecule has 0 spiro atoms. The van der Waals surface area contributed by atoms with E-state index in [9.17, 15) is 19.6 Å². The SMILES string of the molecule is CN1CCN(Cc2ccc(N(C)C(=O)Nc3cc(CCC4CCOCC4)c(C#N)cn3)nc2C=O)C(=O)C1. The summed E-state index contributed by atoms with van der Waals surface area (Å²) in [6.45, 7) is 3.51. The van der Waals surface area contributed by atoms with Crippen molar-refractivity contribution < 1.29 is 19.1 Å². The predicted octanol–water partition coefficient (Wildman–Crippen LogP) is 2.46. The average molecular weight is 520 g/mol. The van der Waals surface area contributed by atoms with Gasteiger partial charge in [0.15, 0.2) is 6.29 Å². The standard InChI is InChI=1S/C27H33N7O4/c1-32-9-10-34(26(36)17-32)16-21-5-6-25(30-23(21)18-35)33(2)27(37)31-24-13-20(22(14-28)15-29-24)4-3-19-7-11-38-12-8-19/h5-6,13,15,18-19H,3-4,7-12,16-17H2,1-2H3,(H,29,31,37). The summed E-state index contributed by atoms with van der Waals surface area (Å²) in [5, 5.41) is 12.3. The van der Waals surface area contributed by atoms with E-state index < -0.39 is 6.03 Å². The largest absolute Gasteiger partial charge is 0.381 e. The van der Waals surface area contributed by atoms with Gasteiger partial charge in [-0.2, -0.15) is 5.26 Å². The van der Waals surface area contributed by atoms with Crippen molar-refractivity contribution >= 4 is 29.9 Å². The molecule has 0 aromatic carbocycles. The van der Waals surface area contributed by atoms with E-state index in [1.165, 1.54) is 11.1 Å². The van der Waals surface area contributed by atoms with Gasteiger partial charge in [-0.3, -0.25) is 24.7 Å². The molecule has 2 aromatic heterocycles. The van der Waals surface area contributed by atoms with Crippen LogP contribution in [-0.4, -0.2) is 84.9 Å². The molecule has 2 aliphatic rings. The Morgan fingerprint density at radius 2 is 2.08 bits per heavy atom. The summed E-state index contributed by atoms with van der Waals surface area (Å²) >= 11 is 0. The monoisotopic (exact) mass is 519 g/mol. The molecular formula is C27H33N7O4. The molecule has 0 unspecified atom stereocenters. The van der Waals surface area contributed by atoms with E-state index in [2.05, 4.69) is 21.4 Å². The third-order valence-electron chi connectivity index (χ3n) is 7.14. The first-order valence-electron chi connectivity index (χ1n) is 12.8. The molecule has 2 fully saturated rings. The molecule has 0 atom stereocenters. The second kappa shape index (κ2) is 12.6. The number of urea groups is 1. The van der Waals surface area contributed by atoms with Crippen LogP contribution in [0.4, 0.5) is 16.4 Å². The summed E-state index contributed by atoms with van der Waals surface area (Å²) < 4.78 is 5.43. The van der Waals surface area contributed by atoms with Gasteiger partial charge >= 0.3 is 6.03 Å². The molecule has 0 radical (unpaired) electrons. The Labute approximate surface area is 222 Å². The fourth-order valence-electron chi connectivity index (χ4n) is 4.68. The van der Waals surface area contributed by atoms with Gasteiger partial charge in [-0.1, -0.05) is 6.07 Å². The van der Waals surface area contributed by atoms with Gasteiger partial charge in [0.1, 0.15) is 23.4 Å². The molecule has 3 amide bonds. The molecule has 2 aliphatic heterocycles. The maximum atomic E-state index is 13.0. The number of hydrogen-bond donors (Lipinski definition) is 1. The molecule has 4 rings (SSSR count). The molecular weight excluding hydrogens is 486 g/mol. The number of hydrogen-bond acceptors (Lipinski definition) is 8. The van der Waals surface area contributed by atoms with E-state index in [0.717, 1.165) is 51.0 Å². The second-order valence-electron chi connectivity index (χ2n) is 9.81. The van der Waals surface area contributed by atoms with E-state index in [0.29, 0.717) is 42.2 Å². The number of carbonyl (C=O) groups is 3. The molecule has 4 heterocycles. The molecule has 200 valence electrons. The zero-order valence-electron chi connectivity index (χ0n) is 21.9. The van der Waals surface area contributed by atoms with Crippen LogP contribution in [0.1, 0.15) is 46.4 Å². The summed E-state index contributed by atoms with van der Waals surface area (Å²) in [5.41, 5.74) is 2.14. The van der Waals surface area contributed by atoms with Crippen LogP contribution in [-0.2, 0) is 22.5 Å². The zero-order valence-corrected chi connectivity index (χ0v) is 21.9. The second-order valence-corrected chi connectivity index (χ2v) is 9.81. The number of anilines is 2. The number of aromatic nitrogens is 2. The highest BCUT2D eigenvalue weighted by Crippen LogP contribution is 2.23. The van der Waals surface area contributed by atoms with Crippen LogP contribution in [0.2, 0.25) is 0 Å². The summed E-state index contributed by atoms with van der Waals surface area (Å²) in [6, 6.07) is 6.81. The van der Waals surface area contributed by atoms with E-state index in [4.69, 9.17) is 4.74 Å². The smallest absolute Gasteiger partial charge is 0.328 e. The first-order valence-corrected chi connectivity index (χ1v) is 12.8. The molecule has 0 saturated carbocycles. The Morgan fingerprint density at radius 3 is 2.79 bits per heavy atom. The quantitative estimate of drug-likeness (QED) is 0.526. The van der Waals surface area contributed by atoms with Gasteiger partial charge < -0.3 is 9.64 Å². The normalized spacial score (nSPS) is 16.7. The van der Waals surface area contributed by atoms with Gasteiger partial charge in [-0.15, -0.1) is 0 Å². The van der Waals surface area contributed by atoms with Crippen molar-refractivity contribution in [1.29, 1.82) is 5.26 Å². The summed E-state index contributed by atoms with van der Waals surface area (Å²) in [7, 11) is 3.44. The van der Waals surface area contributed by atoms with Crippen LogP contribution >= 0.6 is 0 Å². The number of amides is 3. The van der Waals surface area contributed by atoms with Crippen molar-refractivity contribution in [2.45, 2.75) is 32.2 Å².